The highest BCUT2D eigenvalue weighted by Gasteiger charge is 2.40. The Morgan fingerprint density at radius 2 is 2.24 bits per heavy atom. The quantitative estimate of drug-likeness (QED) is 0.894. The SMILES string of the molecule is CC1SCCC1(O)c1cccc(OC2CC2)c1. The van der Waals surface area contributed by atoms with Crippen molar-refractivity contribution in [3.8, 4) is 5.75 Å². The summed E-state index contributed by atoms with van der Waals surface area (Å²) < 4.78 is 5.79. The molecule has 3 heteroatoms. The number of hydrogen-bond donors (Lipinski definition) is 1. The first-order chi connectivity index (χ1) is 8.18. The number of rotatable bonds is 3. The van der Waals surface area contributed by atoms with Gasteiger partial charge in [0.05, 0.1) is 6.10 Å². The smallest absolute Gasteiger partial charge is 0.120 e. The number of hydrogen-bond acceptors (Lipinski definition) is 3. The lowest BCUT2D eigenvalue weighted by atomic mass is 9.88. The Hall–Kier alpha value is -0.670. The topological polar surface area (TPSA) is 29.5 Å². The first kappa shape index (κ1) is 11.4. The zero-order valence-corrected chi connectivity index (χ0v) is 10.9. The molecule has 1 heterocycles. The maximum atomic E-state index is 10.7. The van der Waals surface area contributed by atoms with Gasteiger partial charge < -0.3 is 9.84 Å². The van der Waals surface area contributed by atoms with Crippen LogP contribution in [0.25, 0.3) is 0 Å². The van der Waals surface area contributed by atoms with E-state index < -0.39 is 5.60 Å². The fourth-order valence-electron chi connectivity index (χ4n) is 2.33. The Morgan fingerprint density at radius 1 is 1.41 bits per heavy atom. The number of ether oxygens (including phenoxy) is 1. The first-order valence-electron chi connectivity index (χ1n) is 6.30. The van der Waals surface area contributed by atoms with Gasteiger partial charge in [0.15, 0.2) is 0 Å². The molecule has 2 nitrogen and oxygen atoms in total. The lowest BCUT2D eigenvalue weighted by molar-refractivity contribution is 0.0424. The van der Waals surface area contributed by atoms with E-state index in [0.29, 0.717) is 6.10 Å². The molecule has 1 aromatic rings. The number of benzene rings is 1. The standard InChI is InChI=1S/C14H18O2S/c1-10-14(15,7-8-17-10)11-3-2-4-13(9-11)16-12-5-6-12/h2-4,9-10,12,15H,5-8H2,1H3. The molecular formula is C14H18O2S. The number of aliphatic hydroxyl groups is 1. The summed E-state index contributed by atoms with van der Waals surface area (Å²) in [6.45, 7) is 2.10. The predicted octanol–water partition coefficient (Wildman–Crippen LogP) is 2.94. The van der Waals surface area contributed by atoms with Crippen molar-refractivity contribution in [1.29, 1.82) is 0 Å². The molecule has 1 saturated carbocycles. The Balaban J connectivity index is 1.86. The Morgan fingerprint density at radius 3 is 2.88 bits per heavy atom. The van der Waals surface area contributed by atoms with Gasteiger partial charge >= 0.3 is 0 Å². The minimum Gasteiger partial charge on any atom is -0.490 e. The minimum atomic E-state index is -0.673. The largest absolute Gasteiger partial charge is 0.490 e. The molecule has 0 amide bonds. The van der Waals surface area contributed by atoms with Crippen LogP contribution in [0, 0.1) is 0 Å². The van der Waals surface area contributed by atoms with Crippen molar-refractivity contribution >= 4 is 11.8 Å². The summed E-state index contributed by atoms with van der Waals surface area (Å²) in [6.07, 6.45) is 3.59. The van der Waals surface area contributed by atoms with Crippen molar-refractivity contribution < 1.29 is 9.84 Å². The van der Waals surface area contributed by atoms with Crippen LogP contribution < -0.4 is 4.74 Å². The van der Waals surface area contributed by atoms with Gasteiger partial charge in [0.2, 0.25) is 0 Å². The van der Waals surface area contributed by atoms with Crippen molar-refractivity contribution in [2.45, 2.75) is 43.1 Å². The monoisotopic (exact) mass is 250 g/mol. The van der Waals surface area contributed by atoms with Crippen LogP contribution >= 0.6 is 11.8 Å². The molecule has 2 atom stereocenters. The van der Waals surface area contributed by atoms with Crippen molar-refractivity contribution in [3.63, 3.8) is 0 Å². The Labute approximate surface area is 106 Å². The normalized spacial score (nSPS) is 32.7. The third-order valence-corrected chi connectivity index (χ3v) is 5.01. The second-order valence-electron chi connectivity index (χ2n) is 5.03. The fourth-order valence-corrected chi connectivity index (χ4v) is 3.64. The molecule has 2 aliphatic rings. The summed E-state index contributed by atoms with van der Waals surface area (Å²) in [6, 6.07) is 8.00. The van der Waals surface area contributed by atoms with Crippen molar-refractivity contribution in [3.05, 3.63) is 29.8 Å². The third-order valence-electron chi connectivity index (χ3n) is 3.68. The van der Waals surface area contributed by atoms with Crippen LogP contribution in [0.2, 0.25) is 0 Å². The average molecular weight is 250 g/mol. The summed E-state index contributed by atoms with van der Waals surface area (Å²) in [5.74, 6) is 1.94. The highest BCUT2D eigenvalue weighted by molar-refractivity contribution is 8.00. The van der Waals surface area contributed by atoms with E-state index >= 15 is 0 Å². The maximum Gasteiger partial charge on any atom is 0.120 e. The summed E-state index contributed by atoms with van der Waals surface area (Å²) in [4.78, 5) is 0. The third kappa shape index (κ3) is 2.18. The van der Waals surface area contributed by atoms with E-state index in [9.17, 15) is 5.11 Å². The molecule has 0 radical (unpaired) electrons. The van der Waals surface area contributed by atoms with E-state index in [1.807, 2.05) is 36.0 Å². The van der Waals surface area contributed by atoms with Gasteiger partial charge in [0, 0.05) is 5.25 Å². The van der Waals surface area contributed by atoms with E-state index in [4.69, 9.17) is 4.74 Å². The predicted molar refractivity (Wildman–Crippen MR) is 70.5 cm³/mol. The van der Waals surface area contributed by atoms with E-state index in [-0.39, 0.29) is 5.25 Å². The summed E-state index contributed by atoms with van der Waals surface area (Å²) >= 11 is 1.84. The Kier molecular flexibility index (Phi) is 2.83. The molecule has 92 valence electrons. The number of thioether (sulfide) groups is 1. The summed E-state index contributed by atoms with van der Waals surface area (Å²) in [7, 11) is 0. The van der Waals surface area contributed by atoms with Gasteiger partial charge in [-0.2, -0.15) is 11.8 Å². The molecule has 2 fully saturated rings. The van der Waals surface area contributed by atoms with Crippen molar-refractivity contribution in [1.82, 2.24) is 0 Å². The summed E-state index contributed by atoms with van der Waals surface area (Å²) in [5, 5.41) is 11.0. The van der Waals surface area contributed by atoms with Crippen LogP contribution in [0.5, 0.6) is 5.75 Å². The van der Waals surface area contributed by atoms with Crippen LogP contribution in [0.1, 0.15) is 31.7 Å². The molecule has 1 aliphatic heterocycles. The lowest BCUT2D eigenvalue weighted by Gasteiger charge is -2.27. The molecule has 3 rings (SSSR count). The van der Waals surface area contributed by atoms with Crippen LogP contribution in [-0.2, 0) is 5.60 Å². The minimum absolute atomic E-state index is 0.263. The van der Waals surface area contributed by atoms with Gasteiger partial charge in [-0.3, -0.25) is 0 Å². The molecule has 1 N–H and O–H groups in total. The zero-order valence-electron chi connectivity index (χ0n) is 10.1. The molecule has 2 unspecified atom stereocenters. The fraction of sp³-hybridized carbons (Fsp3) is 0.571. The van der Waals surface area contributed by atoms with Crippen molar-refractivity contribution in [2.75, 3.05) is 5.75 Å². The van der Waals surface area contributed by atoms with Gasteiger partial charge in [0.25, 0.3) is 0 Å². The molecule has 1 saturated heterocycles. The van der Waals surface area contributed by atoms with E-state index in [2.05, 4.69) is 6.92 Å². The molecule has 0 spiro atoms. The summed E-state index contributed by atoms with van der Waals surface area (Å²) in [5.41, 5.74) is 0.335. The molecule has 0 aromatic heterocycles. The van der Waals surface area contributed by atoms with E-state index in [1.54, 1.807) is 0 Å². The second kappa shape index (κ2) is 4.21. The molecule has 0 bridgehead atoms. The average Bonchev–Trinajstić information content (AvgIpc) is 3.06. The van der Waals surface area contributed by atoms with Crippen LogP contribution in [0.3, 0.4) is 0 Å². The van der Waals surface area contributed by atoms with Gasteiger partial charge in [-0.05, 0) is 42.7 Å². The van der Waals surface area contributed by atoms with Crippen LogP contribution in [0.4, 0.5) is 0 Å². The molecular weight excluding hydrogens is 232 g/mol. The van der Waals surface area contributed by atoms with Crippen LogP contribution in [0.15, 0.2) is 24.3 Å². The van der Waals surface area contributed by atoms with Crippen molar-refractivity contribution in [2.24, 2.45) is 0 Å². The molecule has 1 aliphatic carbocycles. The van der Waals surface area contributed by atoms with E-state index in [0.717, 1.165) is 23.5 Å². The molecule has 1 aromatic carbocycles. The van der Waals surface area contributed by atoms with Gasteiger partial charge in [-0.1, -0.05) is 19.1 Å². The zero-order chi connectivity index (χ0) is 11.9. The molecule has 17 heavy (non-hydrogen) atoms. The second-order valence-corrected chi connectivity index (χ2v) is 6.48. The first-order valence-corrected chi connectivity index (χ1v) is 7.34. The Bertz CT molecular complexity index is 416. The van der Waals surface area contributed by atoms with Gasteiger partial charge in [0.1, 0.15) is 11.4 Å². The van der Waals surface area contributed by atoms with Crippen LogP contribution in [-0.4, -0.2) is 22.2 Å². The highest BCUT2D eigenvalue weighted by Crippen LogP contribution is 2.43. The van der Waals surface area contributed by atoms with Gasteiger partial charge in [-0.25, -0.2) is 0 Å². The van der Waals surface area contributed by atoms with Gasteiger partial charge in [-0.15, -0.1) is 0 Å². The lowest BCUT2D eigenvalue weighted by Crippen LogP contribution is -2.31. The highest BCUT2D eigenvalue weighted by atomic mass is 32.2. The van der Waals surface area contributed by atoms with E-state index in [1.165, 1.54) is 12.8 Å². The maximum absolute atomic E-state index is 10.7.